The molecule has 0 amide bonds. The minimum Gasteiger partial charge on any atom is -0.462 e. The summed E-state index contributed by atoms with van der Waals surface area (Å²) in [5.41, 5.74) is 0. The molecule has 0 saturated heterocycles. The van der Waals surface area contributed by atoms with Gasteiger partial charge in [0.15, 0.2) is 6.10 Å². The Morgan fingerprint density at radius 3 is 0.824 bits per heavy atom. The lowest BCUT2D eigenvalue weighted by atomic mass is 10.0. The topological polar surface area (TPSA) is 78.9 Å². The van der Waals surface area contributed by atoms with Gasteiger partial charge >= 0.3 is 17.9 Å². The number of carbonyl (C=O) groups excluding carboxylic acids is 3. The molecular formula is C68H120O6. The second-order valence-electron chi connectivity index (χ2n) is 21.3. The maximum Gasteiger partial charge on any atom is 0.306 e. The van der Waals surface area contributed by atoms with Crippen molar-refractivity contribution in [1.29, 1.82) is 0 Å². The van der Waals surface area contributed by atoms with Crippen molar-refractivity contribution >= 4 is 17.9 Å². The summed E-state index contributed by atoms with van der Waals surface area (Å²) in [6.07, 6.45) is 80.4. The zero-order chi connectivity index (χ0) is 53.6. The van der Waals surface area contributed by atoms with E-state index in [0.717, 1.165) is 103 Å². The van der Waals surface area contributed by atoms with Crippen LogP contribution in [0, 0.1) is 0 Å². The minimum atomic E-state index is -0.775. The molecule has 0 radical (unpaired) electrons. The number of ether oxygens (including phenoxy) is 3. The first-order chi connectivity index (χ1) is 36.5. The molecule has 0 fully saturated rings. The van der Waals surface area contributed by atoms with E-state index >= 15 is 0 Å². The Hall–Kier alpha value is -3.15. The van der Waals surface area contributed by atoms with Gasteiger partial charge in [-0.15, -0.1) is 0 Å². The van der Waals surface area contributed by atoms with Crippen LogP contribution in [0.2, 0.25) is 0 Å². The molecule has 0 rings (SSSR count). The van der Waals surface area contributed by atoms with Gasteiger partial charge < -0.3 is 14.2 Å². The van der Waals surface area contributed by atoms with Crippen LogP contribution in [-0.2, 0) is 28.6 Å². The molecule has 0 aliphatic heterocycles. The lowest BCUT2D eigenvalue weighted by Gasteiger charge is -2.18. The summed E-state index contributed by atoms with van der Waals surface area (Å²) in [6.45, 7) is 6.56. The summed E-state index contributed by atoms with van der Waals surface area (Å²) in [5.74, 6) is -0.864. The molecule has 0 heterocycles. The summed E-state index contributed by atoms with van der Waals surface area (Å²) >= 11 is 0. The van der Waals surface area contributed by atoms with Crippen molar-refractivity contribution < 1.29 is 28.6 Å². The van der Waals surface area contributed by atoms with Crippen LogP contribution in [0.15, 0.2) is 72.9 Å². The van der Waals surface area contributed by atoms with Crippen LogP contribution in [0.3, 0.4) is 0 Å². The van der Waals surface area contributed by atoms with E-state index in [2.05, 4.69) is 93.7 Å². The average Bonchev–Trinajstić information content (AvgIpc) is 3.40. The number of hydrogen-bond acceptors (Lipinski definition) is 6. The van der Waals surface area contributed by atoms with Crippen molar-refractivity contribution in [3.05, 3.63) is 72.9 Å². The highest BCUT2D eigenvalue weighted by atomic mass is 16.6. The Bertz CT molecular complexity index is 1370. The van der Waals surface area contributed by atoms with E-state index in [1.807, 2.05) is 0 Å². The Morgan fingerprint density at radius 1 is 0.284 bits per heavy atom. The number of carbonyl (C=O) groups is 3. The third-order valence-corrected chi connectivity index (χ3v) is 14.0. The average molecular weight is 1030 g/mol. The van der Waals surface area contributed by atoms with Gasteiger partial charge in [-0.1, -0.05) is 306 Å². The Balaban J connectivity index is 4.29. The van der Waals surface area contributed by atoms with Gasteiger partial charge in [0.25, 0.3) is 0 Å². The van der Waals surface area contributed by atoms with Crippen molar-refractivity contribution in [2.45, 2.75) is 329 Å². The molecule has 0 aromatic carbocycles. The van der Waals surface area contributed by atoms with Crippen molar-refractivity contribution in [2.75, 3.05) is 13.2 Å². The van der Waals surface area contributed by atoms with E-state index in [0.29, 0.717) is 19.3 Å². The first-order valence-electron chi connectivity index (χ1n) is 31.9. The van der Waals surface area contributed by atoms with Gasteiger partial charge in [-0.05, 0) is 70.6 Å². The standard InChI is InChI=1S/C68H120O6/c1-4-7-10-13-16-19-22-25-27-29-30-31-32-33-34-35-36-37-38-39-41-43-46-49-52-55-58-61-67(70)73-64-65(63-72-66(69)60-57-54-51-48-45-42-24-21-18-15-12-9-6-3)74-68(71)62-59-56-53-50-47-44-40-28-26-23-20-17-14-11-8-5-2/h7,10,16,19,25,27,30-31,33-34,36-37,65H,4-6,8-9,11-15,17-18,20-24,26,28-29,32,35,38-64H2,1-3H3/b10-7-,19-16-,27-25-,31-30-,34-33-,37-36-. The van der Waals surface area contributed by atoms with E-state index in [4.69, 9.17) is 14.2 Å². The number of unbranched alkanes of at least 4 members (excludes halogenated alkanes) is 35. The molecular weight excluding hydrogens is 913 g/mol. The summed E-state index contributed by atoms with van der Waals surface area (Å²) < 4.78 is 16.9. The highest BCUT2D eigenvalue weighted by Crippen LogP contribution is 2.17. The normalized spacial score (nSPS) is 12.5. The highest BCUT2D eigenvalue weighted by molar-refractivity contribution is 5.71. The summed E-state index contributed by atoms with van der Waals surface area (Å²) in [7, 11) is 0. The van der Waals surface area contributed by atoms with Crippen LogP contribution in [0.1, 0.15) is 323 Å². The molecule has 0 N–H and O–H groups in total. The second-order valence-corrected chi connectivity index (χ2v) is 21.3. The van der Waals surface area contributed by atoms with Crippen LogP contribution in [-0.4, -0.2) is 37.2 Å². The van der Waals surface area contributed by atoms with Crippen molar-refractivity contribution in [3.63, 3.8) is 0 Å². The Kier molecular flexibility index (Phi) is 59.7. The molecule has 0 aromatic rings. The van der Waals surface area contributed by atoms with Crippen LogP contribution in [0.25, 0.3) is 0 Å². The quantitative estimate of drug-likeness (QED) is 0.0261. The number of esters is 3. The van der Waals surface area contributed by atoms with Crippen LogP contribution in [0.4, 0.5) is 0 Å². The fourth-order valence-corrected chi connectivity index (χ4v) is 9.21. The fourth-order valence-electron chi connectivity index (χ4n) is 9.21. The molecule has 1 atom stereocenters. The summed E-state index contributed by atoms with van der Waals surface area (Å²) in [4.78, 5) is 38.3. The number of allylic oxidation sites excluding steroid dienone is 12. The van der Waals surface area contributed by atoms with Gasteiger partial charge in [-0.3, -0.25) is 14.4 Å². The maximum absolute atomic E-state index is 12.9. The Morgan fingerprint density at radius 2 is 0.527 bits per heavy atom. The second kappa shape index (κ2) is 62.4. The molecule has 0 spiro atoms. The van der Waals surface area contributed by atoms with Crippen molar-refractivity contribution in [1.82, 2.24) is 0 Å². The minimum absolute atomic E-state index is 0.0728. The smallest absolute Gasteiger partial charge is 0.306 e. The maximum atomic E-state index is 12.9. The first kappa shape index (κ1) is 70.8. The zero-order valence-corrected chi connectivity index (χ0v) is 49.1. The van der Waals surface area contributed by atoms with Crippen LogP contribution in [0.5, 0.6) is 0 Å². The van der Waals surface area contributed by atoms with E-state index in [1.54, 1.807) is 0 Å². The van der Waals surface area contributed by atoms with Gasteiger partial charge in [0.2, 0.25) is 0 Å². The molecule has 0 aliphatic rings. The molecule has 0 aromatic heterocycles. The van der Waals surface area contributed by atoms with Crippen molar-refractivity contribution in [2.24, 2.45) is 0 Å². The van der Waals surface area contributed by atoms with E-state index in [1.165, 1.54) is 180 Å². The molecule has 1 unspecified atom stereocenters. The molecule has 428 valence electrons. The van der Waals surface area contributed by atoms with Gasteiger partial charge in [-0.2, -0.15) is 0 Å². The van der Waals surface area contributed by atoms with Gasteiger partial charge in [0.1, 0.15) is 13.2 Å². The first-order valence-corrected chi connectivity index (χ1v) is 31.9. The van der Waals surface area contributed by atoms with Crippen LogP contribution >= 0.6 is 0 Å². The molecule has 0 saturated carbocycles. The monoisotopic (exact) mass is 1030 g/mol. The third kappa shape index (κ3) is 59.7. The number of rotatable bonds is 58. The third-order valence-electron chi connectivity index (χ3n) is 14.0. The molecule has 0 bridgehead atoms. The van der Waals surface area contributed by atoms with Gasteiger partial charge in [-0.25, -0.2) is 0 Å². The lowest BCUT2D eigenvalue weighted by Crippen LogP contribution is -2.30. The molecule has 6 heteroatoms. The summed E-state index contributed by atoms with van der Waals surface area (Å²) in [5, 5.41) is 0. The Labute approximate surface area is 459 Å². The zero-order valence-electron chi connectivity index (χ0n) is 49.1. The summed E-state index contributed by atoms with van der Waals surface area (Å²) in [6, 6.07) is 0. The van der Waals surface area contributed by atoms with E-state index in [-0.39, 0.29) is 31.1 Å². The predicted octanol–water partition coefficient (Wildman–Crippen LogP) is 21.7. The highest BCUT2D eigenvalue weighted by Gasteiger charge is 2.19. The van der Waals surface area contributed by atoms with E-state index in [9.17, 15) is 14.4 Å². The predicted molar refractivity (Wildman–Crippen MR) is 321 cm³/mol. The van der Waals surface area contributed by atoms with Gasteiger partial charge in [0.05, 0.1) is 0 Å². The largest absolute Gasteiger partial charge is 0.462 e. The SMILES string of the molecule is CC/C=C\C/C=C\C/C=C\C/C=C\C/C=C\C/C=C\CCCCCCCCCCC(=O)OCC(COC(=O)CCCCCCCCCCCCCCC)OC(=O)CCCCCCCCCCCCCCCCCC. The van der Waals surface area contributed by atoms with Crippen LogP contribution < -0.4 is 0 Å². The molecule has 74 heavy (non-hydrogen) atoms. The number of hydrogen-bond donors (Lipinski definition) is 0. The lowest BCUT2D eigenvalue weighted by molar-refractivity contribution is -0.167. The van der Waals surface area contributed by atoms with Crippen molar-refractivity contribution in [3.8, 4) is 0 Å². The van der Waals surface area contributed by atoms with Gasteiger partial charge in [0, 0.05) is 19.3 Å². The molecule has 0 aliphatic carbocycles. The fraction of sp³-hybridized carbons (Fsp3) is 0.779. The van der Waals surface area contributed by atoms with E-state index < -0.39 is 6.10 Å². The molecule has 6 nitrogen and oxygen atoms in total.